The van der Waals surface area contributed by atoms with Crippen molar-refractivity contribution in [3.8, 4) is 0 Å². The zero-order valence-electron chi connectivity index (χ0n) is 28.1. The number of nitrogens with one attached hydrogen (secondary N) is 3. The van der Waals surface area contributed by atoms with Crippen molar-refractivity contribution in [1.29, 1.82) is 0 Å². The molecule has 8 nitrogen and oxygen atoms in total. The molecule has 1 unspecified atom stereocenters. The summed E-state index contributed by atoms with van der Waals surface area (Å²) in [6.45, 7) is 9.09. The molecule has 3 aliphatic carbocycles. The van der Waals surface area contributed by atoms with Gasteiger partial charge in [0.15, 0.2) is 0 Å². The fourth-order valence-electron chi connectivity index (χ4n) is 8.03. The maximum Gasteiger partial charge on any atom is 0.323 e. The first-order chi connectivity index (χ1) is 21.9. The van der Waals surface area contributed by atoms with Gasteiger partial charge in [0.2, 0.25) is 0 Å². The highest BCUT2D eigenvalue weighted by Gasteiger charge is 2.33. The van der Waals surface area contributed by atoms with E-state index in [1.807, 2.05) is 38.1 Å². The lowest BCUT2D eigenvalue weighted by molar-refractivity contribution is -0.153. The Morgan fingerprint density at radius 3 is 1.96 bits per heavy atom. The van der Waals surface area contributed by atoms with Gasteiger partial charge in [-0.05, 0) is 158 Å². The van der Waals surface area contributed by atoms with E-state index in [-0.39, 0.29) is 30.1 Å². The zero-order chi connectivity index (χ0) is 31.4. The molecule has 1 amide bonds. The lowest BCUT2D eigenvalue weighted by atomic mass is 9.80. The molecule has 1 heterocycles. The van der Waals surface area contributed by atoms with Crippen molar-refractivity contribution in [2.24, 2.45) is 23.7 Å². The van der Waals surface area contributed by atoms with Gasteiger partial charge in [0.25, 0.3) is 5.91 Å². The molecule has 0 radical (unpaired) electrons. The molecule has 4 aliphatic rings. The Hall–Kier alpha value is -2.16. The normalized spacial score (nSPS) is 24.6. The molecule has 4 fully saturated rings. The number of hydrogen-bond acceptors (Lipinski definition) is 7. The van der Waals surface area contributed by atoms with E-state index in [9.17, 15) is 9.59 Å². The average Bonchev–Trinajstić information content (AvgIpc) is 3.58. The summed E-state index contributed by atoms with van der Waals surface area (Å²) in [5.74, 6) is 2.44. The molecule has 45 heavy (non-hydrogen) atoms. The minimum absolute atomic E-state index is 0.0347. The minimum atomic E-state index is -0.204. The van der Waals surface area contributed by atoms with Crippen LogP contribution in [0.2, 0.25) is 0 Å². The van der Waals surface area contributed by atoms with Crippen LogP contribution in [0.5, 0.6) is 0 Å². The number of rotatable bonds is 14. The lowest BCUT2D eigenvalue weighted by Crippen LogP contribution is -2.47. The monoisotopic (exact) mass is 624 g/mol. The van der Waals surface area contributed by atoms with Crippen LogP contribution in [0.3, 0.4) is 0 Å². The van der Waals surface area contributed by atoms with E-state index in [1.165, 1.54) is 76.3 Å². The minimum Gasteiger partial charge on any atom is -0.461 e. The molecule has 0 spiro atoms. The van der Waals surface area contributed by atoms with Gasteiger partial charge >= 0.3 is 5.97 Å². The predicted octanol–water partition coefficient (Wildman–Crippen LogP) is 6.39. The van der Waals surface area contributed by atoms with Gasteiger partial charge in [0.05, 0.1) is 6.10 Å². The molecule has 1 aromatic carbocycles. The Labute approximate surface area is 272 Å². The molecule has 1 atom stereocenters. The van der Waals surface area contributed by atoms with Crippen molar-refractivity contribution in [2.45, 2.75) is 128 Å². The summed E-state index contributed by atoms with van der Waals surface area (Å²) in [5, 5.41) is 7.57. The Morgan fingerprint density at radius 2 is 1.33 bits per heavy atom. The number of benzene rings is 1. The van der Waals surface area contributed by atoms with Gasteiger partial charge in [0, 0.05) is 24.3 Å². The van der Waals surface area contributed by atoms with Gasteiger partial charge in [-0.25, -0.2) is 5.48 Å². The van der Waals surface area contributed by atoms with E-state index in [1.54, 1.807) is 0 Å². The van der Waals surface area contributed by atoms with Crippen LogP contribution in [-0.4, -0.2) is 62.9 Å². The first-order valence-corrected chi connectivity index (χ1v) is 18.4. The molecule has 0 aromatic heterocycles. The summed E-state index contributed by atoms with van der Waals surface area (Å²) < 4.78 is 6.00. The van der Waals surface area contributed by atoms with Crippen LogP contribution in [0.1, 0.15) is 121 Å². The number of hydroxylamine groups is 1. The zero-order valence-corrected chi connectivity index (χ0v) is 28.1. The molecule has 1 aliphatic heterocycles. The molecule has 5 rings (SSSR count). The van der Waals surface area contributed by atoms with Crippen LogP contribution in [0.25, 0.3) is 0 Å². The molecule has 8 heteroatoms. The molecule has 3 N–H and O–H groups in total. The summed E-state index contributed by atoms with van der Waals surface area (Å²) in [7, 11) is 0. The van der Waals surface area contributed by atoms with Crippen molar-refractivity contribution < 1.29 is 19.2 Å². The second-order valence-corrected chi connectivity index (χ2v) is 14.7. The van der Waals surface area contributed by atoms with Crippen molar-refractivity contribution in [3.05, 3.63) is 29.8 Å². The molecule has 1 saturated heterocycles. The summed E-state index contributed by atoms with van der Waals surface area (Å²) in [6.07, 6.45) is 18.2. The van der Waals surface area contributed by atoms with Crippen LogP contribution in [-0.2, 0) is 14.4 Å². The van der Waals surface area contributed by atoms with Gasteiger partial charge in [-0.1, -0.05) is 19.3 Å². The third-order valence-corrected chi connectivity index (χ3v) is 10.9. The Balaban J connectivity index is 0.956. The van der Waals surface area contributed by atoms with E-state index in [4.69, 9.17) is 9.57 Å². The van der Waals surface area contributed by atoms with Crippen LogP contribution in [0.4, 0.5) is 5.69 Å². The Bertz CT molecular complexity index is 1020. The molecule has 1 aromatic rings. The largest absolute Gasteiger partial charge is 0.461 e. The number of nitrogens with zero attached hydrogens (tertiary/aromatic N) is 1. The van der Waals surface area contributed by atoms with E-state index < -0.39 is 0 Å². The van der Waals surface area contributed by atoms with Gasteiger partial charge in [-0.15, -0.1) is 0 Å². The third kappa shape index (κ3) is 10.7. The SMILES string of the molecule is CC(C)ONC(=O)c1ccc(N2CCC(CNCC3CCC(CNC(C(=O)OC4CCCC4)C4CCCCC4)CC3)CC2)cc1. The van der Waals surface area contributed by atoms with Crippen LogP contribution in [0, 0.1) is 23.7 Å². The maximum atomic E-state index is 13.2. The fraction of sp³-hybridized carbons (Fsp3) is 0.784. The molecule has 0 bridgehead atoms. The molecule has 3 saturated carbocycles. The number of amides is 1. The smallest absolute Gasteiger partial charge is 0.323 e. The first kappa shape index (κ1) is 34.2. The van der Waals surface area contributed by atoms with Gasteiger partial charge in [-0.2, -0.15) is 0 Å². The summed E-state index contributed by atoms with van der Waals surface area (Å²) >= 11 is 0. The van der Waals surface area contributed by atoms with E-state index >= 15 is 0 Å². The standard InChI is InChI=1S/C37H60N4O4/c1-27(2)45-40-36(42)32-16-18-33(19-17-32)41-22-20-30(21-23-41)25-38-24-28-12-14-29(15-13-28)26-39-35(31-8-4-3-5-9-31)37(43)44-34-10-6-7-11-34/h16-19,27-31,34-35,38-39H,3-15,20-26H2,1-2H3,(H,40,42). The number of anilines is 1. The highest BCUT2D eigenvalue weighted by Crippen LogP contribution is 2.31. The summed E-state index contributed by atoms with van der Waals surface area (Å²) in [6, 6.07) is 7.76. The first-order valence-electron chi connectivity index (χ1n) is 18.4. The second-order valence-electron chi connectivity index (χ2n) is 14.7. The highest BCUT2D eigenvalue weighted by atomic mass is 16.7. The molecular weight excluding hydrogens is 564 g/mol. The molecular formula is C37H60N4O4. The van der Waals surface area contributed by atoms with Crippen molar-refractivity contribution >= 4 is 17.6 Å². The lowest BCUT2D eigenvalue weighted by Gasteiger charge is -2.35. The number of hydrogen-bond donors (Lipinski definition) is 3. The summed E-state index contributed by atoms with van der Waals surface area (Å²) in [4.78, 5) is 33.1. The van der Waals surface area contributed by atoms with Crippen LogP contribution < -0.4 is 21.0 Å². The number of carbonyl (C=O) groups excluding carboxylic acids is 2. The number of piperidine rings is 1. The number of esters is 1. The number of carbonyl (C=O) groups is 2. The van der Waals surface area contributed by atoms with Crippen molar-refractivity contribution in [2.75, 3.05) is 37.6 Å². The van der Waals surface area contributed by atoms with Gasteiger partial charge in [-0.3, -0.25) is 14.4 Å². The maximum absolute atomic E-state index is 13.2. The Morgan fingerprint density at radius 1 is 0.756 bits per heavy atom. The van der Waals surface area contributed by atoms with E-state index in [2.05, 4.69) is 21.0 Å². The van der Waals surface area contributed by atoms with Crippen molar-refractivity contribution in [3.63, 3.8) is 0 Å². The fourth-order valence-corrected chi connectivity index (χ4v) is 8.03. The quantitative estimate of drug-likeness (QED) is 0.163. The van der Waals surface area contributed by atoms with Gasteiger partial charge in [0.1, 0.15) is 12.1 Å². The average molecular weight is 625 g/mol. The Kier molecular flexibility index (Phi) is 13.4. The second kappa shape index (κ2) is 17.7. The predicted molar refractivity (Wildman–Crippen MR) is 180 cm³/mol. The summed E-state index contributed by atoms with van der Waals surface area (Å²) in [5.41, 5.74) is 4.31. The highest BCUT2D eigenvalue weighted by molar-refractivity contribution is 5.93. The van der Waals surface area contributed by atoms with Gasteiger partial charge < -0.3 is 20.3 Å². The van der Waals surface area contributed by atoms with Crippen molar-refractivity contribution in [1.82, 2.24) is 16.1 Å². The number of ether oxygens (including phenoxy) is 1. The van der Waals surface area contributed by atoms with E-state index in [0.717, 1.165) is 70.2 Å². The van der Waals surface area contributed by atoms with Crippen LogP contribution in [0.15, 0.2) is 24.3 Å². The van der Waals surface area contributed by atoms with Crippen LogP contribution >= 0.6 is 0 Å². The topological polar surface area (TPSA) is 91.9 Å². The molecule has 252 valence electrons. The third-order valence-electron chi connectivity index (χ3n) is 10.9. The van der Waals surface area contributed by atoms with E-state index in [0.29, 0.717) is 17.4 Å².